The first-order valence-electron chi connectivity index (χ1n) is 11.6. The summed E-state index contributed by atoms with van der Waals surface area (Å²) in [4.78, 5) is 3.76. The molecule has 0 radical (unpaired) electrons. The number of hydrogen-bond donors (Lipinski definition) is 0. The minimum Gasteiger partial charge on any atom is -0.466 e. The first kappa shape index (κ1) is 19.8. The molecule has 0 N–H and O–H groups in total. The third-order valence-corrected chi connectivity index (χ3v) is 6.56. The van der Waals surface area contributed by atoms with E-state index in [1.165, 1.54) is 0 Å². The van der Waals surface area contributed by atoms with Crippen LogP contribution in [0.5, 0.6) is 0 Å². The monoisotopic (exact) mass is 432 g/mol. The number of hydrogen-bond acceptors (Lipinski definition) is 1. The number of nitrogens with zero attached hydrogens (tertiary/aromatic N) is 2. The zero-order valence-corrected chi connectivity index (χ0v) is 19.7. The normalized spacial score (nSPS) is 12.2. The Morgan fingerprint density at radius 1 is 0.970 bits per heavy atom. The number of pyridine rings is 1. The Hall–Kier alpha value is -3.90. The molecule has 0 amide bonds. The second-order valence-corrected chi connectivity index (χ2v) is 8.88. The van der Waals surface area contributed by atoms with Gasteiger partial charge in [-0.15, -0.1) is 0 Å². The van der Waals surface area contributed by atoms with Gasteiger partial charge in [-0.05, 0) is 35.1 Å². The summed E-state index contributed by atoms with van der Waals surface area (Å²) in [7, 11) is 2.05. The average Bonchev–Trinajstić information content (AvgIpc) is 3.20. The second kappa shape index (κ2) is 7.90. The van der Waals surface area contributed by atoms with Crippen molar-refractivity contribution >= 4 is 27.6 Å². The van der Waals surface area contributed by atoms with E-state index in [0.29, 0.717) is 11.3 Å². The van der Waals surface area contributed by atoms with E-state index < -0.39 is 5.89 Å². The van der Waals surface area contributed by atoms with Gasteiger partial charge in [0, 0.05) is 31.2 Å². The molecule has 3 heteroatoms. The third-order valence-electron chi connectivity index (χ3n) is 6.56. The molecule has 0 bridgehead atoms. The van der Waals surface area contributed by atoms with Crippen LogP contribution in [0.4, 0.5) is 5.69 Å². The van der Waals surface area contributed by atoms with E-state index in [4.69, 9.17) is 12.4 Å². The lowest BCUT2D eigenvalue weighted by atomic mass is 9.94. The Balaban J connectivity index is 1.93. The van der Waals surface area contributed by atoms with E-state index in [0.717, 1.165) is 55.6 Å². The molecule has 0 saturated heterocycles. The Bertz CT molecular complexity index is 1620. The van der Waals surface area contributed by atoms with E-state index in [1.807, 2.05) is 51.2 Å². The van der Waals surface area contributed by atoms with E-state index in [1.54, 1.807) is 0 Å². The molecule has 3 aromatic carbocycles. The third kappa shape index (κ3) is 3.31. The maximum Gasteiger partial charge on any atom is 0.229 e. The van der Waals surface area contributed by atoms with Crippen molar-refractivity contribution in [2.24, 2.45) is 7.05 Å². The smallest absolute Gasteiger partial charge is 0.229 e. The lowest BCUT2D eigenvalue weighted by Crippen LogP contribution is -2.35. The molecule has 5 aromatic rings. The largest absolute Gasteiger partial charge is 0.466 e. The van der Waals surface area contributed by atoms with Gasteiger partial charge in [-0.2, -0.15) is 4.57 Å². The van der Waals surface area contributed by atoms with Crippen LogP contribution in [0, 0.1) is 20.4 Å². The van der Waals surface area contributed by atoms with Crippen LogP contribution >= 0.6 is 0 Å². The maximum absolute atomic E-state index is 8.61. The molecule has 0 aliphatic heterocycles. The van der Waals surface area contributed by atoms with Gasteiger partial charge < -0.3 is 4.42 Å². The van der Waals surface area contributed by atoms with Gasteiger partial charge in [0.15, 0.2) is 5.69 Å². The molecule has 0 spiro atoms. The molecule has 5 rings (SSSR count). The Morgan fingerprint density at radius 3 is 2.42 bits per heavy atom. The summed E-state index contributed by atoms with van der Waals surface area (Å²) in [5.41, 5.74) is 9.18. The average molecular weight is 433 g/mol. The fourth-order valence-electron chi connectivity index (χ4n) is 4.62. The first-order valence-corrected chi connectivity index (χ1v) is 11.1. The van der Waals surface area contributed by atoms with Crippen LogP contribution in [0.25, 0.3) is 49.2 Å². The summed E-state index contributed by atoms with van der Waals surface area (Å²) < 4.78 is 17.3. The van der Waals surface area contributed by atoms with Crippen LogP contribution in [0.3, 0.4) is 0 Å². The number of benzene rings is 3. The van der Waals surface area contributed by atoms with Gasteiger partial charge in [-0.1, -0.05) is 68.4 Å². The fourth-order valence-corrected chi connectivity index (χ4v) is 4.62. The van der Waals surface area contributed by atoms with Gasteiger partial charge in [0.05, 0.1) is 12.1 Å². The molecule has 0 saturated carbocycles. The SMILES string of the molecule is [2H]C(C)(C)c1cc(C)[n+](C)c(-c2c(C)ccc3c2oc2c([N+]#[C-])ccc(-c4ccccc4)c23)c1. The van der Waals surface area contributed by atoms with Crippen LogP contribution < -0.4 is 4.57 Å². The van der Waals surface area contributed by atoms with Gasteiger partial charge in [0.25, 0.3) is 0 Å². The Morgan fingerprint density at radius 2 is 1.73 bits per heavy atom. The van der Waals surface area contributed by atoms with Gasteiger partial charge in [0.1, 0.15) is 18.2 Å². The minimum absolute atomic E-state index is 0.510. The topological polar surface area (TPSA) is 21.4 Å². The quantitative estimate of drug-likeness (QED) is 0.209. The predicted octanol–water partition coefficient (Wildman–Crippen LogP) is 8.04. The first-order chi connectivity index (χ1) is 16.2. The molecule has 162 valence electrons. The fraction of sp³-hybridized carbons (Fsp3) is 0.200. The standard InChI is InChI=1S/C30H27N2O/c1-18(2)22-16-20(4)32(6)26(17-22)27-19(3)12-13-24-28-23(21-10-8-7-9-11-21)14-15-25(31-5)30(28)33-29(24)27/h7-18H,1-4,6H3/q+1/i18D. The van der Waals surface area contributed by atoms with Crippen molar-refractivity contribution in [3.8, 4) is 22.4 Å². The maximum atomic E-state index is 8.61. The molecule has 3 nitrogen and oxygen atoms in total. The summed E-state index contributed by atoms with van der Waals surface area (Å²) >= 11 is 0. The molecule has 2 aromatic heterocycles. The zero-order valence-electron chi connectivity index (χ0n) is 20.7. The predicted molar refractivity (Wildman–Crippen MR) is 136 cm³/mol. The number of furan rings is 1. The van der Waals surface area contributed by atoms with Crippen molar-refractivity contribution in [1.29, 1.82) is 0 Å². The summed E-state index contributed by atoms with van der Waals surface area (Å²) in [6.07, 6.45) is 0. The highest BCUT2D eigenvalue weighted by molar-refractivity contribution is 6.18. The highest BCUT2D eigenvalue weighted by atomic mass is 16.3. The van der Waals surface area contributed by atoms with Crippen LogP contribution in [0.2, 0.25) is 0 Å². The number of aryl methyl sites for hydroxylation is 2. The van der Waals surface area contributed by atoms with Gasteiger partial charge in [0.2, 0.25) is 11.4 Å². The number of rotatable bonds is 3. The Kier molecular flexibility index (Phi) is 4.73. The lowest BCUT2D eigenvalue weighted by Gasteiger charge is -2.11. The molecule has 2 heterocycles. The molecule has 0 aliphatic carbocycles. The van der Waals surface area contributed by atoms with Crippen LogP contribution in [-0.4, -0.2) is 0 Å². The summed E-state index contributed by atoms with van der Waals surface area (Å²) in [6.45, 7) is 15.7. The van der Waals surface area contributed by atoms with Crippen molar-refractivity contribution < 1.29 is 10.4 Å². The highest BCUT2D eigenvalue weighted by Gasteiger charge is 2.25. The van der Waals surface area contributed by atoms with Gasteiger partial charge >= 0.3 is 0 Å². The van der Waals surface area contributed by atoms with E-state index in [2.05, 4.69) is 59.7 Å². The molecular formula is C30H27N2O+. The van der Waals surface area contributed by atoms with Crippen molar-refractivity contribution in [1.82, 2.24) is 0 Å². The van der Waals surface area contributed by atoms with Crippen LogP contribution in [-0.2, 0) is 7.05 Å². The molecule has 33 heavy (non-hydrogen) atoms. The van der Waals surface area contributed by atoms with Crippen molar-refractivity contribution in [3.63, 3.8) is 0 Å². The highest BCUT2D eigenvalue weighted by Crippen LogP contribution is 2.44. The van der Waals surface area contributed by atoms with Crippen LogP contribution in [0.15, 0.2) is 71.1 Å². The molecule has 0 fully saturated rings. The minimum atomic E-state index is -0.721. The number of aromatic nitrogens is 1. The van der Waals surface area contributed by atoms with Crippen molar-refractivity contribution in [3.05, 3.63) is 95.0 Å². The van der Waals surface area contributed by atoms with Crippen molar-refractivity contribution in [2.75, 3.05) is 0 Å². The van der Waals surface area contributed by atoms with Gasteiger partial charge in [-0.3, -0.25) is 0 Å². The summed E-state index contributed by atoms with van der Waals surface area (Å²) in [6, 6.07) is 22.5. The molecular weight excluding hydrogens is 404 g/mol. The molecule has 0 aliphatic rings. The second-order valence-electron chi connectivity index (χ2n) is 8.88. The summed E-state index contributed by atoms with van der Waals surface area (Å²) in [5.74, 6) is -0.721. The van der Waals surface area contributed by atoms with E-state index in [9.17, 15) is 0 Å². The Labute approximate surface area is 196 Å². The molecule has 0 atom stereocenters. The van der Waals surface area contributed by atoms with Crippen LogP contribution in [0.1, 0.15) is 37.9 Å². The lowest BCUT2D eigenvalue weighted by molar-refractivity contribution is -0.666. The number of fused-ring (bicyclic) bond motifs is 3. The van der Waals surface area contributed by atoms with Gasteiger partial charge in [-0.25, -0.2) is 4.85 Å². The van der Waals surface area contributed by atoms with Crippen molar-refractivity contribution in [2.45, 2.75) is 33.6 Å². The molecule has 0 unspecified atom stereocenters. The zero-order chi connectivity index (χ0) is 24.2. The van der Waals surface area contributed by atoms with E-state index in [-0.39, 0.29) is 0 Å². The summed E-state index contributed by atoms with van der Waals surface area (Å²) in [5, 5.41) is 1.96. The van der Waals surface area contributed by atoms with E-state index >= 15 is 0 Å².